The van der Waals surface area contributed by atoms with Gasteiger partial charge in [0.05, 0.1) is 6.67 Å². The van der Waals surface area contributed by atoms with Crippen LogP contribution in [0.2, 0.25) is 0 Å². The van der Waals surface area contributed by atoms with E-state index < -0.39 is 12.0 Å². The van der Waals surface area contributed by atoms with E-state index in [2.05, 4.69) is 41.2 Å². The molecule has 152 valence electrons. The fourth-order valence-electron chi connectivity index (χ4n) is 2.47. The molecule has 0 aliphatic carbocycles. The van der Waals surface area contributed by atoms with Gasteiger partial charge < -0.3 is 32.1 Å². The van der Waals surface area contributed by atoms with Crippen LogP contribution < -0.4 is 17.2 Å². The average molecular weight is 371 g/mol. The van der Waals surface area contributed by atoms with Gasteiger partial charge in [0.1, 0.15) is 6.04 Å². The molecule has 0 aromatic heterocycles. The van der Waals surface area contributed by atoms with Gasteiger partial charge in [-0.2, -0.15) is 0 Å². The Bertz CT molecular complexity index is 424. The summed E-state index contributed by atoms with van der Waals surface area (Å²) in [6, 6.07) is -0.820. The van der Waals surface area contributed by atoms with Gasteiger partial charge in [-0.25, -0.2) is 0 Å². The molecule has 0 unspecified atom stereocenters. The summed E-state index contributed by atoms with van der Waals surface area (Å²) in [6.45, 7) is 5.00. The second-order valence-corrected chi connectivity index (χ2v) is 6.67. The molecule has 0 saturated heterocycles. The van der Waals surface area contributed by atoms with Crippen LogP contribution in [0.25, 0.3) is 0 Å². The number of carbonyl (C=O) groups is 1. The summed E-state index contributed by atoms with van der Waals surface area (Å²) < 4.78 is 0. The molecule has 1 heterocycles. The molecular weight excluding hydrogens is 332 g/mol. The number of aliphatic carboxylic acids is 1. The van der Waals surface area contributed by atoms with E-state index in [4.69, 9.17) is 22.3 Å². The third kappa shape index (κ3) is 14.4. The number of unbranched alkanes of at least 4 members (excludes halogenated alkanes) is 5. The molecule has 8 nitrogen and oxygen atoms in total. The molecule has 0 aromatic carbocycles. The highest BCUT2D eigenvalue weighted by molar-refractivity contribution is 5.75. The Morgan fingerprint density at radius 3 is 2.35 bits per heavy atom. The SMILES string of the molecule is CCCCCCCCN1C=CN(C)C1.NC(N)=NCCC[C@H](N)C(=O)O. The first kappa shape index (κ1) is 24.0. The van der Waals surface area contributed by atoms with Gasteiger partial charge in [-0.3, -0.25) is 9.79 Å². The second kappa shape index (κ2) is 15.3. The number of hydrogen-bond acceptors (Lipinski definition) is 5. The quantitative estimate of drug-likeness (QED) is 0.232. The normalized spacial score (nSPS) is 14.0. The highest BCUT2D eigenvalue weighted by atomic mass is 16.4. The average Bonchev–Trinajstić information content (AvgIpc) is 3.00. The van der Waals surface area contributed by atoms with Crippen LogP contribution in [-0.4, -0.2) is 59.7 Å². The first-order valence-corrected chi connectivity index (χ1v) is 9.53. The highest BCUT2D eigenvalue weighted by Gasteiger charge is 2.09. The Labute approximate surface area is 158 Å². The molecular formula is C18H38N6O2. The Kier molecular flexibility index (Phi) is 14.2. The van der Waals surface area contributed by atoms with Gasteiger partial charge >= 0.3 is 5.97 Å². The van der Waals surface area contributed by atoms with Crippen molar-refractivity contribution in [3.63, 3.8) is 0 Å². The molecule has 26 heavy (non-hydrogen) atoms. The molecule has 1 rings (SSSR count). The second-order valence-electron chi connectivity index (χ2n) is 6.67. The van der Waals surface area contributed by atoms with Crippen LogP contribution in [0.1, 0.15) is 58.3 Å². The lowest BCUT2D eigenvalue weighted by Crippen LogP contribution is -2.30. The van der Waals surface area contributed by atoms with E-state index in [0.717, 1.165) is 6.67 Å². The highest BCUT2D eigenvalue weighted by Crippen LogP contribution is 2.08. The van der Waals surface area contributed by atoms with Gasteiger partial charge in [0.25, 0.3) is 0 Å². The maximum Gasteiger partial charge on any atom is 0.320 e. The molecule has 0 amide bonds. The fourth-order valence-corrected chi connectivity index (χ4v) is 2.47. The smallest absolute Gasteiger partial charge is 0.320 e. The molecule has 1 aliphatic heterocycles. The van der Waals surface area contributed by atoms with Crippen LogP contribution in [0.4, 0.5) is 0 Å². The summed E-state index contributed by atoms with van der Waals surface area (Å²) in [5.41, 5.74) is 15.3. The third-order valence-corrected chi connectivity index (χ3v) is 4.02. The number of hydrogen-bond donors (Lipinski definition) is 4. The minimum atomic E-state index is -1.00. The van der Waals surface area contributed by atoms with E-state index >= 15 is 0 Å². The van der Waals surface area contributed by atoms with Crippen LogP contribution in [-0.2, 0) is 4.79 Å². The Morgan fingerprint density at radius 1 is 1.15 bits per heavy atom. The van der Waals surface area contributed by atoms with Crippen LogP contribution in [0, 0.1) is 0 Å². The largest absolute Gasteiger partial charge is 0.480 e. The number of nitrogens with two attached hydrogens (primary N) is 3. The number of guanidine groups is 1. The maximum atomic E-state index is 10.2. The molecule has 7 N–H and O–H groups in total. The molecule has 0 radical (unpaired) electrons. The summed E-state index contributed by atoms with van der Waals surface area (Å²) in [5, 5.41) is 8.38. The lowest BCUT2D eigenvalue weighted by atomic mass is 10.1. The van der Waals surface area contributed by atoms with Crippen LogP contribution >= 0.6 is 0 Å². The zero-order valence-electron chi connectivity index (χ0n) is 16.4. The Hall–Kier alpha value is -1.96. The van der Waals surface area contributed by atoms with E-state index in [1.54, 1.807) is 0 Å². The maximum absolute atomic E-state index is 10.2. The van der Waals surface area contributed by atoms with E-state index in [0.29, 0.717) is 19.4 Å². The van der Waals surface area contributed by atoms with Gasteiger partial charge in [-0.15, -0.1) is 0 Å². The standard InChI is InChI=1S/C12H24N2.C6H14N4O2/c1-3-4-5-6-7-8-9-14-11-10-13(2)12-14;7-4(5(11)12)2-1-3-10-6(8)9/h10-11H,3-9,12H2,1-2H3;4H,1-3,7H2,(H,11,12)(H4,8,9,10)/t;4-/m.0/s1. The van der Waals surface area contributed by atoms with Gasteiger partial charge in [0.2, 0.25) is 0 Å². The van der Waals surface area contributed by atoms with Crippen LogP contribution in [0.15, 0.2) is 17.4 Å². The van der Waals surface area contributed by atoms with Crippen molar-refractivity contribution in [3.05, 3.63) is 12.4 Å². The van der Waals surface area contributed by atoms with E-state index in [1.165, 1.54) is 45.1 Å². The number of aliphatic imine (C=N–C) groups is 1. The Morgan fingerprint density at radius 2 is 1.81 bits per heavy atom. The van der Waals surface area contributed by atoms with Crippen molar-refractivity contribution in [2.75, 3.05) is 26.8 Å². The summed E-state index contributed by atoms with van der Waals surface area (Å²) in [7, 11) is 2.12. The minimum absolute atomic E-state index is 0.0129. The van der Waals surface area contributed by atoms with Crippen LogP contribution in [0.5, 0.6) is 0 Å². The van der Waals surface area contributed by atoms with Crippen molar-refractivity contribution in [3.8, 4) is 0 Å². The summed E-state index contributed by atoms with van der Waals surface area (Å²) in [6.07, 6.45) is 13.6. The van der Waals surface area contributed by atoms with E-state index in [9.17, 15) is 4.79 Å². The summed E-state index contributed by atoms with van der Waals surface area (Å²) in [4.78, 5) is 18.5. The first-order valence-electron chi connectivity index (χ1n) is 9.53. The number of nitrogens with zero attached hydrogens (tertiary/aromatic N) is 3. The number of carboxylic acid groups (broad SMARTS) is 1. The fraction of sp³-hybridized carbons (Fsp3) is 0.778. The molecule has 0 saturated carbocycles. The van der Waals surface area contributed by atoms with Gasteiger partial charge in [-0.1, -0.05) is 39.0 Å². The van der Waals surface area contributed by atoms with Crippen molar-refractivity contribution in [1.29, 1.82) is 0 Å². The molecule has 1 aliphatic rings. The zero-order chi connectivity index (χ0) is 19.8. The zero-order valence-corrected chi connectivity index (χ0v) is 16.4. The summed E-state index contributed by atoms with van der Waals surface area (Å²) >= 11 is 0. The number of rotatable bonds is 12. The predicted octanol–water partition coefficient (Wildman–Crippen LogP) is 1.47. The van der Waals surface area contributed by atoms with E-state index in [1.807, 2.05) is 0 Å². The minimum Gasteiger partial charge on any atom is -0.480 e. The predicted molar refractivity (Wildman–Crippen MR) is 107 cm³/mol. The lowest BCUT2D eigenvalue weighted by molar-refractivity contribution is -0.138. The third-order valence-electron chi connectivity index (χ3n) is 4.02. The van der Waals surface area contributed by atoms with E-state index in [-0.39, 0.29) is 5.96 Å². The molecule has 8 heteroatoms. The van der Waals surface area contributed by atoms with Crippen LogP contribution in [0.3, 0.4) is 0 Å². The van der Waals surface area contributed by atoms with Gasteiger partial charge in [-0.05, 0) is 19.3 Å². The molecule has 1 atom stereocenters. The molecule has 0 bridgehead atoms. The molecule has 0 spiro atoms. The van der Waals surface area contributed by atoms with Crippen molar-refractivity contribution in [2.45, 2.75) is 64.3 Å². The Balaban J connectivity index is 0.000000488. The molecule has 0 fully saturated rings. The first-order chi connectivity index (χ1) is 12.4. The van der Waals surface area contributed by atoms with Gasteiger partial charge in [0, 0.05) is 32.5 Å². The van der Waals surface area contributed by atoms with Gasteiger partial charge in [0.15, 0.2) is 5.96 Å². The van der Waals surface area contributed by atoms with Crippen molar-refractivity contribution in [1.82, 2.24) is 9.80 Å². The van der Waals surface area contributed by atoms with Crippen molar-refractivity contribution in [2.24, 2.45) is 22.2 Å². The van der Waals surface area contributed by atoms with Crippen molar-refractivity contribution >= 4 is 11.9 Å². The molecule has 0 aromatic rings. The lowest BCUT2D eigenvalue weighted by Gasteiger charge is -2.17. The topological polar surface area (TPSA) is 134 Å². The summed E-state index contributed by atoms with van der Waals surface area (Å²) in [5.74, 6) is -0.987. The number of carboxylic acids is 1. The van der Waals surface area contributed by atoms with Crippen molar-refractivity contribution < 1.29 is 9.90 Å². The monoisotopic (exact) mass is 370 g/mol.